The molecule has 1 fully saturated rings. The van der Waals surface area contributed by atoms with Crippen molar-refractivity contribution >= 4 is 16.9 Å². The smallest absolute Gasteiger partial charge is 0.220 e. The zero-order valence-electron chi connectivity index (χ0n) is 10.4. The second kappa shape index (κ2) is 4.64. The fourth-order valence-corrected chi connectivity index (χ4v) is 2.88. The minimum Gasteiger partial charge on any atom is -0.369 e. The van der Waals surface area contributed by atoms with E-state index in [2.05, 4.69) is 5.16 Å². The topological polar surface area (TPSA) is 69.1 Å². The van der Waals surface area contributed by atoms with Gasteiger partial charge in [0, 0.05) is 23.3 Å². The van der Waals surface area contributed by atoms with E-state index in [1.165, 1.54) is 12.1 Å². The van der Waals surface area contributed by atoms with Gasteiger partial charge in [0.05, 0.1) is 5.69 Å². The third kappa shape index (κ3) is 2.20. The van der Waals surface area contributed by atoms with Gasteiger partial charge in [-0.25, -0.2) is 4.39 Å². The van der Waals surface area contributed by atoms with Crippen molar-refractivity contribution in [2.45, 2.75) is 31.6 Å². The quantitative estimate of drug-likeness (QED) is 0.904. The number of amides is 1. The van der Waals surface area contributed by atoms with E-state index >= 15 is 0 Å². The van der Waals surface area contributed by atoms with Crippen molar-refractivity contribution in [3.8, 4) is 0 Å². The highest BCUT2D eigenvalue weighted by Crippen LogP contribution is 2.38. The van der Waals surface area contributed by atoms with Crippen molar-refractivity contribution in [3.63, 3.8) is 0 Å². The van der Waals surface area contributed by atoms with Gasteiger partial charge in [-0.1, -0.05) is 5.16 Å². The van der Waals surface area contributed by atoms with E-state index in [1.54, 1.807) is 6.07 Å². The molecule has 1 saturated carbocycles. The van der Waals surface area contributed by atoms with Crippen LogP contribution >= 0.6 is 0 Å². The molecule has 0 saturated heterocycles. The highest BCUT2D eigenvalue weighted by atomic mass is 19.1. The Morgan fingerprint density at radius 3 is 2.74 bits per heavy atom. The minimum atomic E-state index is -0.326. The number of halogens is 1. The monoisotopic (exact) mass is 262 g/mol. The Kier molecular flexibility index (Phi) is 2.97. The molecule has 1 aliphatic rings. The van der Waals surface area contributed by atoms with Crippen molar-refractivity contribution in [3.05, 3.63) is 29.7 Å². The molecule has 100 valence electrons. The van der Waals surface area contributed by atoms with Crippen LogP contribution in [0.5, 0.6) is 0 Å². The van der Waals surface area contributed by atoms with Crippen LogP contribution in [0, 0.1) is 11.7 Å². The van der Waals surface area contributed by atoms with Crippen molar-refractivity contribution < 1.29 is 13.7 Å². The summed E-state index contributed by atoms with van der Waals surface area (Å²) in [5, 5.41) is 4.94. The third-order valence-corrected chi connectivity index (χ3v) is 3.98. The molecule has 19 heavy (non-hydrogen) atoms. The molecule has 0 spiro atoms. The summed E-state index contributed by atoms with van der Waals surface area (Å²) in [6.07, 6.45) is 3.31. The lowest BCUT2D eigenvalue weighted by molar-refractivity contribution is -0.122. The van der Waals surface area contributed by atoms with Crippen molar-refractivity contribution in [1.29, 1.82) is 0 Å². The van der Waals surface area contributed by atoms with E-state index < -0.39 is 0 Å². The molecule has 0 radical (unpaired) electrons. The normalized spacial score (nSPS) is 23.6. The number of hydrogen-bond donors (Lipinski definition) is 1. The summed E-state index contributed by atoms with van der Waals surface area (Å²) in [6.45, 7) is 0. The molecule has 0 aliphatic heterocycles. The third-order valence-electron chi connectivity index (χ3n) is 3.98. The number of fused-ring (bicyclic) bond motifs is 1. The van der Waals surface area contributed by atoms with Crippen molar-refractivity contribution in [1.82, 2.24) is 5.16 Å². The number of aromatic nitrogens is 1. The predicted octanol–water partition coefficient (Wildman–Crippen LogP) is 2.73. The van der Waals surface area contributed by atoms with Crippen LogP contribution in [0.1, 0.15) is 37.3 Å². The predicted molar refractivity (Wildman–Crippen MR) is 67.9 cm³/mol. The van der Waals surface area contributed by atoms with Crippen LogP contribution in [0.25, 0.3) is 11.0 Å². The molecule has 1 aromatic carbocycles. The summed E-state index contributed by atoms with van der Waals surface area (Å²) in [7, 11) is 0. The molecular weight excluding hydrogens is 247 g/mol. The van der Waals surface area contributed by atoms with E-state index in [0.717, 1.165) is 36.8 Å². The Labute approximate surface area is 109 Å². The molecule has 1 amide bonds. The summed E-state index contributed by atoms with van der Waals surface area (Å²) in [4.78, 5) is 11.1. The number of nitrogens with zero attached hydrogens (tertiary/aromatic N) is 1. The summed E-state index contributed by atoms with van der Waals surface area (Å²) in [6, 6.07) is 4.47. The number of carbonyl (C=O) groups is 1. The molecular formula is C14H15FN2O2. The molecule has 0 atom stereocenters. The highest BCUT2D eigenvalue weighted by Gasteiger charge is 2.28. The van der Waals surface area contributed by atoms with E-state index in [0.29, 0.717) is 5.58 Å². The number of benzene rings is 1. The molecule has 1 aliphatic carbocycles. The molecule has 0 unspecified atom stereocenters. The van der Waals surface area contributed by atoms with Crippen LogP contribution in [0.2, 0.25) is 0 Å². The van der Waals surface area contributed by atoms with Gasteiger partial charge in [-0.15, -0.1) is 0 Å². The highest BCUT2D eigenvalue weighted by molar-refractivity contribution is 5.80. The lowest BCUT2D eigenvalue weighted by Gasteiger charge is -2.25. The fourth-order valence-electron chi connectivity index (χ4n) is 2.88. The number of nitrogens with two attached hydrogens (primary N) is 1. The molecule has 3 rings (SSSR count). The van der Waals surface area contributed by atoms with E-state index in [4.69, 9.17) is 10.3 Å². The fraction of sp³-hybridized carbons (Fsp3) is 0.429. The average molecular weight is 262 g/mol. The Morgan fingerprint density at radius 2 is 2.05 bits per heavy atom. The first-order chi connectivity index (χ1) is 9.15. The van der Waals surface area contributed by atoms with E-state index in [1.807, 2.05) is 0 Å². The average Bonchev–Trinajstić information content (AvgIpc) is 2.81. The lowest BCUT2D eigenvalue weighted by atomic mass is 9.79. The molecule has 1 aromatic heterocycles. The standard InChI is InChI=1S/C14H15FN2O2/c15-10-5-6-11-12(7-10)19-17-13(11)8-1-3-9(4-2-8)14(16)18/h5-9H,1-4H2,(H2,16,18). The molecule has 4 nitrogen and oxygen atoms in total. The van der Waals surface area contributed by atoms with Gasteiger partial charge in [0.25, 0.3) is 0 Å². The lowest BCUT2D eigenvalue weighted by Crippen LogP contribution is -2.27. The SMILES string of the molecule is NC(=O)C1CCC(c2noc3cc(F)ccc23)CC1. The Balaban J connectivity index is 1.84. The number of hydrogen-bond acceptors (Lipinski definition) is 3. The van der Waals surface area contributed by atoms with Gasteiger partial charge in [-0.3, -0.25) is 4.79 Å². The van der Waals surface area contributed by atoms with Crippen LogP contribution < -0.4 is 5.73 Å². The van der Waals surface area contributed by atoms with Gasteiger partial charge in [0.15, 0.2) is 5.58 Å². The van der Waals surface area contributed by atoms with Gasteiger partial charge in [-0.2, -0.15) is 0 Å². The van der Waals surface area contributed by atoms with Crippen LogP contribution in [0.3, 0.4) is 0 Å². The summed E-state index contributed by atoms with van der Waals surface area (Å²) in [5.74, 6) is -0.299. The maximum Gasteiger partial charge on any atom is 0.220 e. The van der Waals surface area contributed by atoms with E-state index in [-0.39, 0.29) is 23.6 Å². The minimum absolute atomic E-state index is 0.0214. The molecule has 2 N–H and O–H groups in total. The first-order valence-corrected chi connectivity index (χ1v) is 6.49. The summed E-state index contributed by atoms with van der Waals surface area (Å²) >= 11 is 0. The Bertz CT molecular complexity index is 615. The van der Waals surface area contributed by atoms with Gasteiger partial charge < -0.3 is 10.3 Å². The van der Waals surface area contributed by atoms with Crippen molar-refractivity contribution in [2.24, 2.45) is 11.7 Å². The zero-order valence-corrected chi connectivity index (χ0v) is 10.4. The van der Waals surface area contributed by atoms with Gasteiger partial charge in [0.1, 0.15) is 5.82 Å². The first kappa shape index (κ1) is 12.1. The first-order valence-electron chi connectivity index (χ1n) is 6.49. The second-order valence-corrected chi connectivity index (χ2v) is 5.16. The van der Waals surface area contributed by atoms with Gasteiger partial charge >= 0.3 is 0 Å². The molecule has 0 bridgehead atoms. The van der Waals surface area contributed by atoms with Crippen LogP contribution in [0.4, 0.5) is 4.39 Å². The van der Waals surface area contributed by atoms with Gasteiger partial charge in [0.2, 0.25) is 5.91 Å². The van der Waals surface area contributed by atoms with Gasteiger partial charge in [-0.05, 0) is 37.8 Å². The zero-order chi connectivity index (χ0) is 13.4. The van der Waals surface area contributed by atoms with Crippen LogP contribution in [-0.2, 0) is 4.79 Å². The van der Waals surface area contributed by atoms with Crippen molar-refractivity contribution in [2.75, 3.05) is 0 Å². The van der Waals surface area contributed by atoms with Crippen LogP contribution in [0.15, 0.2) is 22.7 Å². The Hall–Kier alpha value is -1.91. The largest absolute Gasteiger partial charge is 0.369 e. The maximum absolute atomic E-state index is 13.1. The second-order valence-electron chi connectivity index (χ2n) is 5.16. The maximum atomic E-state index is 13.1. The van der Waals surface area contributed by atoms with Crippen LogP contribution in [-0.4, -0.2) is 11.1 Å². The Morgan fingerprint density at radius 1 is 1.32 bits per heavy atom. The molecule has 5 heteroatoms. The van der Waals surface area contributed by atoms with E-state index in [9.17, 15) is 9.18 Å². The molecule has 2 aromatic rings. The summed E-state index contributed by atoms with van der Waals surface area (Å²) in [5.41, 5.74) is 6.68. The number of rotatable bonds is 2. The summed E-state index contributed by atoms with van der Waals surface area (Å²) < 4.78 is 18.3. The number of primary amides is 1. The molecule has 1 heterocycles. The number of carbonyl (C=O) groups excluding carboxylic acids is 1.